The number of hydrogen-bond acceptors (Lipinski definition) is 4. The number of nitrogens with zero attached hydrogens (tertiary/aromatic N) is 3. The van der Waals surface area contributed by atoms with Crippen molar-refractivity contribution in [3.05, 3.63) is 65.9 Å². The Morgan fingerprint density at radius 2 is 1.90 bits per heavy atom. The van der Waals surface area contributed by atoms with Crippen LogP contribution in [0, 0.1) is 28.6 Å². The van der Waals surface area contributed by atoms with Crippen molar-refractivity contribution in [3.63, 3.8) is 0 Å². The molecule has 2 fully saturated rings. The molecule has 1 aromatic carbocycles. The molecule has 3 aliphatic carbocycles. The molecule has 3 aromatic rings. The van der Waals surface area contributed by atoms with Crippen LogP contribution in [0.5, 0.6) is 0 Å². The van der Waals surface area contributed by atoms with Crippen molar-refractivity contribution in [1.29, 1.82) is 0 Å². The monoisotopic (exact) mass is 681 g/mol. The predicted molar refractivity (Wildman–Crippen MR) is 204 cm³/mol. The van der Waals surface area contributed by atoms with Gasteiger partial charge < -0.3 is 14.3 Å². The molecule has 6 rings (SSSR count). The van der Waals surface area contributed by atoms with Gasteiger partial charge in [0, 0.05) is 41.6 Å². The van der Waals surface area contributed by atoms with Crippen molar-refractivity contribution in [2.45, 2.75) is 143 Å². The summed E-state index contributed by atoms with van der Waals surface area (Å²) in [5.74, 6) is 2.22. The van der Waals surface area contributed by atoms with Gasteiger partial charge in [-0.3, -0.25) is 14.8 Å². The normalized spacial score (nSPS) is 27.0. The van der Waals surface area contributed by atoms with Crippen LogP contribution in [-0.4, -0.2) is 35.6 Å². The smallest absolute Gasteiger partial charge is 0.224 e. The van der Waals surface area contributed by atoms with Crippen LogP contribution < -0.4 is 5.32 Å². The molecule has 2 aromatic heterocycles. The Morgan fingerprint density at radius 1 is 1.10 bits per heavy atom. The number of carbonyl (C=O) groups is 1. The first-order chi connectivity index (χ1) is 23.2. The summed E-state index contributed by atoms with van der Waals surface area (Å²) in [4.78, 5) is 21.8. The lowest BCUT2D eigenvalue weighted by atomic mass is 9.43. The van der Waals surface area contributed by atoms with E-state index in [4.69, 9.17) is 4.43 Å². The maximum Gasteiger partial charge on any atom is 0.224 e. The highest BCUT2D eigenvalue weighted by molar-refractivity contribution is 6.56. The van der Waals surface area contributed by atoms with E-state index in [-0.39, 0.29) is 16.4 Å². The lowest BCUT2D eigenvalue weighted by molar-refractivity contribution is -0.144. The molecule has 0 bridgehead atoms. The van der Waals surface area contributed by atoms with Gasteiger partial charge in [-0.05, 0) is 122 Å². The van der Waals surface area contributed by atoms with E-state index in [0.717, 1.165) is 41.0 Å². The number of allylic oxidation sites excluding steroid dienone is 2. The van der Waals surface area contributed by atoms with E-state index in [1.165, 1.54) is 38.5 Å². The maximum atomic E-state index is 13.2. The van der Waals surface area contributed by atoms with Crippen molar-refractivity contribution in [2.75, 3.05) is 5.32 Å². The first-order valence-corrected chi connectivity index (χ1v) is 20.5. The molecule has 3 aliphatic rings. The van der Waals surface area contributed by atoms with E-state index in [0.29, 0.717) is 41.9 Å². The summed E-state index contributed by atoms with van der Waals surface area (Å²) in [5, 5.41) is 4.54. The van der Waals surface area contributed by atoms with Crippen molar-refractivity contribution in [2.24, 2.45) is 28.6 Å². The minimum atomic E-state index is -0.943. The molecule has 5 atom stereocenters. The number of hydrogen-bond donors (Lipinski definition) is 1. The van der Waals surface area contributed by atoms with Crippen LogP contribution in [0.1, 0.15) is 126 Å². The average molecular weight is 682 g/mol. The molecule has 7 heteroatoms. The third-order valence-electron chi connectivity index (χ3n) is 12.8. The number of rotatable bonds is 10. The molecule has 49 heavy (non-hydrogen) atoms. The zero-order valence-corrected chi connectivity index (χ0v) is 32.7. The van der Waals surface area contributed by atoms with Gasteiger partial charge in [0.25, 0.3) is 0 Å². The van der Waals surface area contributed by atoms with Crippen LogP contribution >= 0.6 is 0 Å². The van der Waals surface area contributed by atoms with E-state index in [2.05, 4.69) is 107 Å². The molecule has 2 heterocycles. The molecular weight excluding hydrogens is 621 g/mol. The molecule has 6 nitrogen and oxygen atoms in total. The van der Waals surface area contributed by atoms with Crippen LogP contribution in [0.25, 0.3) is 10.9 Å². The number of anilines is 1. The minimum absolute atomic E-state index is 0.109. The lowest BCUT2D eigenvalue weighted by Gasteiger charge is -2.63. The van der Waals surface area contributed by atoms with Gasteiger partial charge in [0.2, 0.25) is 14.9 Å². The van der Waals surface area contributed by atoms with Crippen molar-refractivity contribution >= 4 is 31.5 Å². The van der Waals surface area contributed by atoms with Gasteiger partial charge in [-0.25, -0.2) is 0 Å². The quantitative estimate of drug-likeness (QED) is 0.171. The highest BCUT2D eigenvalue weighted by Crippen LogP contribution is 2.65. The number of nitrogens with one attached hydrogen (secondary N) is 1. The van der Waals surface area contributed by atoms with Crippen LogP contribution in [0.4, 0.5) is 5.69 Å². The lowest BCUT2D eigenvalue weighted by Crippen LogP contribution is -2.58. The first-order valence-electron chi connectivity index (χ1n) is 19.0. The second kappa shape index (κ2) is 14.1. The topological polar surface area (TPSA) is 69.0 Å². The summed E-state index contributed by atoms with van der Waals surface area (Å²) in [6.45, 7) is 22.7. The summed E-state index contributed by atoms with van der Waals surface area (Å²) in [7, 11) is -0.943. The SMILES string of the molecule is CC1=C(CCCC(=O)Nc2ccc3c(ccn3Cc3cnccn3)c2)[C@@H]2CC[C@H]3C(C)(C)[C@@H](O[Si](C(C)C)C(C)(C)C)CC[C@]3(C)[C@H]2CC1. The van der Waals surface area contributed by atoms with Crippen LogP contribution in [-0.2, 0) is 15.8 Å². The third kappa shape index (κ3) is 7.35. The van der Waals surface area contributed by atoms with E-state index in [1.807, 2.05) is 6.07 Å². The Kier molecular flexibility index (Phi) is 10.4. The van der Waals surface area contributed by atoms with Crippen LogP contribution in [0.15, 0.2) is 60.2 Å². The van der Waals surface area contributed by atoms with E-state index in [1.54, 1.807) is 29.7 Å². The first kappa shape index (κ1) is 36.0. The largest absolute Gasteiger partial charge is 0.412 e. The van der Waals surface area contributed by atoms with Crippen LogP contribution in [0.2, 0.25) is 10.6 Å². The van der Waals surface area contributed by atoms with Crippen molar-refractivity contribution < 1.29 is 9.22 Å². The summed E-state index contributed by atoms with van der Waals surface area (Å²) in [5.41, 5.74) is 7.34. The Balaban J connectivity index is 1.06. The number of aromatic nitrogens is 3. The molecule has 1 N–H and O–H groups in total. The van der Waals surface area contributed by atoms with E-state index in [9.17, 15) is 4.79 Å². The fourth-order valence-corrected chi connectivity index (χ4v) is 13.7. The van der Waals surface area contributed by atoms with E-state index < -0.39 is 9.04 Å². The van der Waals surface area contributed by atoms with Gasteiger partial charge in [-0.2, -0.15) is 0 Å². The number of benzene rings is 1. The maximum absolute atomic E-state index is 13.2. The molecule has 1 radical (unpaired) electrons. The minimum Gasteiger partial charge on any atom is -0.412 e. The van der Waals surface area contributed by atoms with Crippen molar-refractivity contribution in [1.82, 2.24) is 14.5 Å². The number of carbonyl (C=O) groups excluding carboxylic acids is 1. The summed E-state index contributed by atoms with van der Waals surface area (Å²) >= 11 is 0. The van der Waals surface area contributed by atoms with Gasteiger partial charge in [0.1, 0.15) is 0 Å². The van der Waals surface area contributed by atoms with Gasteiger partial charge in [0.15, 0.2) is 0 Å². The average Bonchev–Trinajstić information content (AvgIpc) is 3.42. The third-order valence-corrected chi connectivity index (χ3v) is 15.8. The second-order valence-corrected chi connectivity index (χ2v) is 21.4. The molecule has 2 saturated carbocycles. The van der Waals surface area contributed by atoms with Crippen molar-refractivity contribution in [3.8, 4) is 0 Å². The molecule has 0 aliphatic heterocycles. The van der Waals surface area contributed by atoms with Gasteiger partial charge >= 0.3 is 0 Å². The molecule has 0 spiro atoms. The zero-order chi connectivity index (χ0) is 35.1. The van der Waals surface area contributed by atoms with Gasteiger partial charge in [-0.1, -0.05) is 66.5 Å². The predicted octanol–water partition coefficient (Wildman–Crippen LogP) is 10.8. The van der Waals surface area contributed by atoms with Gasteiger partial charge in [0.05, 0.1) is 24.5 Å². The molecule has 265 valence electrons. The summed E-state index contributed by atoms with van der Waals surface area (Å²) in [6, 6.07) is 8.28. The fourth-order valence-electron chi connectivity index (χ4n) is 10.6. The fraction of sp³-hybridized carbons (Fsp3) is 0.643. The molecule has 0 unspecified atom stereocenters. The standard InChI is InChI=1S/C42H61N4O2Si/c1-28(2)49(40(4,5)6)48-38-19-21-42(9)35-16-13-29(3)33(34(35)15-18-37(42)41(38,7)8)11-10-12-39(47)45-31-14-17-36-30(25-31)20-24-46(36)27-32-26-43-22-23-44-32/h14,17,20,22-26,28,34-35,37-38H,10-13,15-16,18-19,21,27H2,1-9H3,(H,45,47)/t34-,35-,37-,38-,42+/m0/s1. The Bertz CT molecular complexity index is 1650. The molecule has 0 saturated heterocycles. The highest BCUT2D eigenvalue weighted by Gasteiger charge is 2.59. The van der Waals surface area contributed by atoms with E-state index >= 15 is 0 Å². The molecule has 1 amide bonds. The number of amides is 1. The van der Waals surface area contributed by atoms with Gasteiger partial charge in [-0.15, -0.1) is 0 Å². The second-order valence-electron chi connectivity index (χ2n) is 17.7. The highest BCUT2D eigenvalue weighted by atomic mass is 28.3. The summed E-state index contributed by atoms with van der Waals surface area (Å²) in [6.07, 6.45) is 17.8. The Hall–Kier alpha value is -2.77. The Morgan fingerprint density at radius 3 is 2.61 bits per heavy atom. The zero-order valence-electron chi connectivity index (χ0n) is 31.7. The summed E-state index contributed by atoms with van der Waals surface area (Å²) < 4.78 is 9.38. The number of fused-ring (bicyclic) bond motifs is 4. The van der Waals surface area contributed by atoms with Crippen LogP contribution in [0.3, 0.4) is 0 Å². The molecular formula is C42H61N4O2Si. The Labute approximate surface area is 297 Å².